The largest absolute Gasteiger partial charge is 0.465 e. The van der Waals surface area contributed by atoms with E-state index in [1.54, 1.807) is 0 Å². The highest BCUT2D eigenvalue weighted by Gasteiger charge is 2.38. The third kappa shape index (κ3) is 4.31. The SMILES string of the molecule is O=C(O)N1CCC(NS(=O)(=O)c2ccc(Cl)cc2C(F)(F)F)CC1. The van der Waals surface area contributed by atoms with Gasteiger partial charge in [0, 0.05) is 24.2 Å². The van der Waals surface area contributed by atoms with E-state index in [0.29, 0.717) is 6.07 Å². The summed E-state index contributed by atoms with van der Waals surface area (Å²) in [6.45, 7) is 0.213. The molecule has 1 aliphatic heterocycles. The maximum atomic E-state index is 13.1. The highest BCUT2D eigenvalue weighted by atomic mass is 35.5. The van der Waals surface area contributed by atoms with Crippen LogP contribution in [0.5, 0.6) is 0 Å². The van der Waals surface area contributed by atoms with Gasteiger partial charge in [0.05, 0.1) is 10.5 Å². The van der Waals surface area contributed by atoms with E-state index in [9.17, 15) is 26.4 Å². The van der Waals surface area contributed by atoms with E-state index in [4.69, 9.17) is 16.7 Å². The van der Waals surface area contributed by atoms with Crippen molar-refractivity contribution in [1.82, 2.24) is 9.62 Å². The normalized spacial score (nSPS) is 17.1. The minimum atomic E-state index is -4.87. The summed E-state index contributed by atoms with van der Waals surface area (Å²) in [4.78, 5) is 11.0. The van der Waals surface area contributed by atoms with Crippen LogP contribution in [-0.4, -0.2) is 43.6 Å². The van der Waals surface area contributed by atoms with Crippen molar-refractivity contribution < 1.29 is 31.5 Å². The summed E-state index contributed by atoms with van der Waals surface area (Å²) < 4.78 is 66.0. The van der Waals surface area contributed by atoms with Crippen LogP contribution in [-0.2, 0) is 16.2 Å². The van der Waals surface area contributed by atoms with Crippen molar-refractivity contribution in [2.45, 2.75) is 30.0 Å². The Morgan fingerprint density at radius 1 is 1.29 bits per heavy atom. The van der Waals surface area contributed by atoms with Crippen LogP contribution in [0.3, 0.4) is 0 Å². The number of rotatable bonds is 3. The Kier molecular flexibility index (Phi) is 5.31. The van der Waals surface area contributed by atoms with E-state index in [1.165, 1.54) is 0 Å². The van der Waals surface area contributed by atoms with Crippen molar-refractivity contribution in [1.29, 1.82) is 0 Å². The zero-order valence-corrected chi connectivity index (χ0v) is 13.7. The molecule has 0 radical (unpaired) electrons. The lowest BCUT2D eigenvalue weighted by atomic mass is 10.1. The molecule has 0 atom stereocenters. The second-order valence-electron chi connectivity index (χ2n) is 5.30. The zero-order valence-electron chi connectivity index (χ0n) is 12.2. The Labute approximate surface area is 141 Å². The molecule has 2 rings (SSSR count). The number of nitrogens with one attached hydrogen (secondary N) is 1. The van der Waals surface area contributed by atoms with E-state index in [-0.39, 0.29) is 31.0 Å². The van der Waals surface area contributed by atoms with Crippen molar-refractivity contribution >= 4 is 27.7 Å². The van der Waals surface area contributed by atoms with E-state index in [2.05, 4.69) is 4.72 Å². The van der Waals surface area contributed by atoms with Crippen molar-refractivity contribution in [2.24, 2.45) is 0 Å². The highest BCUT2D eigenvalue weighted by molar-refractivity contribution is 7.89. The van der Waals surface area contributed by atoms with Gasteiger partial charge in [0.2, 0.25) is 10.0 Å². The number of carbonyl (C=O) groups is 1. The lowest BCUT2D eigenvalue weighted by molar-refractivity contribution is -0.139. The maximum Gasteiger partial charge on any atom is 0.417 e. The van der Waals surface area contributed by atoms with Crippen molar-refractivity contribution in [3.8, 4) is 0 Å². The molecule has 0 bridgehead atoms. The van der Waals surface area contributed by atoms with E-state index < -0.39 is 38.8 Å². The second-order valence-corrected chi connectivity index (χ2v) is 7.42. The molecule has 0 aliphatic carbocycles. The first kappa shape index (κ1) is 18.8. The average Bonchev–Trinajstić information content (AvgIpc) is 2.46. The van der Waals surface area contributed by atoms with Crippen molar-refractivity contribution in [3.05, 3.63) is 28.8 Å². The molecule has 1 aliphatic rings. The van der Waals surface area contributed by atoms with Gasteiger partial charge in [0.25, 0.3) is 0 Å². The van der Waals surface area contributed by atoms with Gasteiger partial charge in [-0.3, -0.25) is 0 Å². The predicted molar refractivity (Wildman–Crippen MR) is 79.4 cm³/mol. The summed E-state index contributed by atoms with van der Waals surface area (Å²) in [5.74, 6) is 0. The third-order valence-corrected chi connectivity index (χ3v) is 5.44. The van der Waals surface area contributed by atoms with Crippen LogP contribution < -0.4 is 4.72 Å². The molecule has 1 amide bonds. The third-order valence-electron chi connectivity index (χ3n) is 3.62. The molecule has 1 aromatic carbocycles. The monoisotopic (exact) mass is 386 g/mol. The number of benzene rings is 1. The van der Waals surface area contributed by atoms with Gasteiger partial charge < -0.3 is 10.0 Å². The van der Waals surface area contributed by atoms with Gasteiger partial charge >= 0.3 is 12.3 Å². The fourth-order valence-electron chi connectivity index (χ4n) is 2.43. The first-order valence-corrected chi connectivity index (χ1v) is 8.74. The molecule has 0 spiro atoms. The molecular weight excluding hydrogens is 373 g/mol. The Bertz CT molecular complexity index is 731. The number of hydrogen-bond acceptors (Lipinski definition) is 3. The Balaban J connectivity index is 2.22. The zero-order chi connectivity index (χ0) is 18.1. The highest BCUT2D eigenvalue weighted by Crippen LogP contribution is 2.36. The number of hydrogen-bond donors (Lipinski definition) is 2. The Morgan fingerprint density at radius 2 is 1.88 bits per heavy atom. The quantitative estimate of drug-likeness (QED) is 0.836. The number of amides is 1. The standard InChI is InChI=1S/C13H14ClF3N2O4S/c14-8-1-2-11(10(7-8)13(15,16)17)24(22,23)18-9-3-5-19(6-4-9)12(20)21/h1-2,7,9,18H,3-6H2,(H,20,21). The van der Waals surface area contributed by atoms with Crippen LogP contribution in [0.25, 0.3) is 0 Å². The van der Waals surface area contributed by atoms with Gasteiger partial charge in [-0.05, 0) is 31.0 Å². The molecule has 1 fully saturated rings. The van der Waals surface area contributed by atoms with Crippen LogP contribution in [0.1, 0.15) is 18.4 Å². The van der Waals surface area contributed by atoms with Gasteiger partial charge in [-0.25, -0.2) is 17.9 Å². The fraction of sp³-hybridized carbons (Fsp3) is 0.462. The molecule has 6 nitrogen and oxygen atoms in total. The summed E-state index contributed by atoms with van der Waals surface area (Å²) in [6.07, 6.45) is -5.63. The van der Waals surface area contributed by atoms with Gasteiger partial charge in [0.15, 0.2) is 0 Å². The van der Waals surface area contributed by atoms with E-state index in [1.807, 2.05) is 0 Å². The van der Waals surface area contributed by atoms with Crippen LogP contribution >= 0.6 is 11.6 Å². The lowest BCUT2D eigenvalue weighted by Crippen LogP contribution is -2.46. The number of piperidine rings is 1. The molecule has 0 unspecified atom stereocenters. The molecule has 1 aromatic rings. The number of sulfonamides is 1. The summed E-state index contributed by atoms with van der Waals surface area (Å²) in [6, 6.07) is 1.80. The van der Waals surface area contributed by atoms with Crippen LogP contribution in [0, 0.1) is 0 Å². The van der Waals surface area contributed by atoms with Crippen LogP contribution in [0.2, 0.25) is 5.02 Å². The first-order valence-electron chi connectivity index (χ1n) is 6.87. The van der Waals surface area contributed by atoms with Crippen molar-refractivity contribution in [2.75, 3.05) is 13.1 Å². The first-order chi connectivity index (χ1) is 11.0. The molecule has 1 heterocycles. The Morgan fingerprint density at radius 3 is 2.38 bits per heavy atom. The van der Waals surface area contributed by atoms with Crippen LogP contribution in [0.15, 0.2) is 23.1 Å². The molecular formula is C13H14ClF3N2O4S. The second kappa shape index (κ2) is 6.77. The molecule has 134 valence electrons. The number of carboxylic acid groups (broad SMARTS) is 1. The minimum absolute atomic E-state index is 0.106. The summed E-state index contributed by atoms with van der Waals surface area (Å²) in [5.41, 5.74) is -1.34. The number of nitrogens with zero attached hydrogens (tertiary/aromatic N) is 1. The van der Waals surface area contributed by atoms with Gasteiger partial charge in [-0.2, -0.15) is 13.2 Å². The summed E-state index contributed by atoms with van der Waals surface area (Å²) in [5, 5.41) is 8.61. The Hall–Kier alpha value is -1.52. The molecule has 24 heavy (non-hydrogen) atoms. The summed E-state index contributed by atoms with van der Waals surface area (Å²) in [7, 11) is -4.42. The number of likely N-dealkylation sites (tertiary alicyclic amines) is 1. The van der Waals surface area contributed by atoms with Crippen molar-refractivity contribution in [3.63, 3.8) is 0 Å². The maximum absolute atomic E-state index is 13.1. The lowest BCUT2D eigenvalue weighted by Gasteiger charge is -2.30. The average molecular weight is 387 g/mol. The molecule has 1 saturated heterocycles. The summed E-state index contributed by atoms with van der Waals surface area (Å²) >= 11 is 5.53. The van der Waals surface area contributed by atoms with Gasteiger partial charge in [0.1, 0.15) is 0 Å². The molecule has 11 heteroatoms. The number of halogens is 4. The van der Waals surface area contributed by atoms with Crippen LogP contribution in [0.4, 0.5) is 18.0 Å². The minimum Gasteiger partial charge on any atom is -0.465 e. The van der Waals surface area contributed by atoms with E-state index >= 15 is 0 Å². The topological polar surface area (TPSA) is 86.7 Å². The molecule has 2 N–H and O–H groups in total. The van der Waals surface area contributed by atoms with Gasteiger partial charge in [-0.1, -0.05) is 11.6 Å². The predicted octanol–water partition coefficient (Wildman–Crippen LogP) is 2.78. The van der Waals surface area contributed by atoms with Gasteiger partial charge in [-0.15, -0.1) is 0 Å². The molecule has 0 aromatic heterocycles. The van der Waals surface area contributed by atoms with E-state index in [0.717, 1.165) is 17.0 Å². The fourth-order valence-corrected chi connectivity index (χ4v) is 4.11. The smallest absolute Gasteiger partial charge is 0.417 e. The number of alkyl halides is 3. The molecule has 0 saturated carbocycles.